The van der Waals surface area contributed by atoms with E-state index in [9.17, 15) is 0 Å². The number of hydrazine groups is 1. The third kappa shape index (κ3) is 3.40. The monoisotopic (exact) mass is 274 g/mol. The Balaban J connectivity index is 2.11. The second-order valence-electron chi connectivity index (χ2n) is 5.86. The van der Waals surface area contributed by atoms with Crippen LogP contribution in [0.5, 0.6) is 0 Å². The van der Waals surface area contributed by atoms with Gasteiger partial charge in [-0.1, -0.05) is 30.3 Å². The van der Waals surface area contributed by atoms with Gasteiger partial charge in [0.15, 0.2) is 5.82 Å². The largest absolute Gasteiger partial charge is 0.271 e. The Kier molecular flexibility index (Phi) is 4.46. The minimum Gasteiger partial charge on any atom is -0.271 e. The Morgan fingerprint density at radius 2 is 1.95 bits per heavy atom. The van der Waals surface area contributed by atoms with Crippen LogP contribution in [-0.4, -0.2) is 20.2 Å². The second kappa shape index (κ2) is 6.11. The molecule has 0 radical (unpaired) electrons. The fourth-order valence-corrected chi connectivity index (χ4v) is 2.13. The van der Waals surface area contributed by atoms with Crippen molar-refractivity contribution >= 4 is 0 Å². The van der Waals surface area contributed by atoms with Crippen LogP contribution >= 0.6 is 0 Å². The maximum atomic E-state index is 5.68. The molecule has 6 heteroatoms. The van der Waals surface area contributed by atoms with Crippen molar-refractivity contribution in [3.8, 4) is 0 Å². The van der Waals surface area contributed by atoms with Crippen molar-refractivity contribution in [2.45, 2.75) is 45.2 Å². The van der Waals surface area contributed by atoms with Crippen LogP contribution in [0.2, 0.25) is 0 Å². The predicted molar refractivity (Wildman–Crippen MR) is 77.6 cm³/mol. The van der Waals surface area contributed by atoms with Crippen LogP contribution in [0.25, 0.3) is 0 Å². The van der Waals surface area contributed by atoms with E-state index in [0.717, 1.165) is 18.7 Å². The molecular weight excluding hydrogens is 252 g/mol. The van der Waals surface area contributed by atoms with Gasteiger partial charge in [0.1, 0.15) is 0 Å². The third-order valence-electron chi connectivity index (χ3n) is 3.21. The lowest BCUT2D eigenvalue weighted by Crippen LogP contribution is -2.34. The second-order valence-corrected chi connectivity index (χ2v) is 5.86. The highest BCUT2D eigenvalue weighted by atomic mass is 15.6. The molecule has 108 valence electrons. The number of nitrogens with zero attached hydrogens (tertiary/aromatic N) is 4. The van der Waals surface area contributed by atoms with Gasteiger partial charge in [-0.3, -0.25) is 5.84 Å². The highest BCUT2D eigenvalue weighted by molar-refractivity contribution is 5.15. The molecule has 0 bridgehead atoms. The molecule has 0 spiro atoms. The fourth-order valence-electron chi connectivity index (χ4n) is 2.13. The molecule has 0 aliphatic heterocycles. The minimum atomic E-state index is -0.166. The molecule has 6 nitrogen and oxygen atoms in total. The molecule has 3 N–H and O–H groups in total. The zero-order chi connectivity index (χ0) is 14.6. The molecule has 0 saturated carbocycles. The van der Waals surface area contributed by atoms with E-state index < -0.39 is 0 Å². The summed E-state index contributed by atoms with van der Waals surface area (Å²) in [5.41, 5.74) is 3.94. The summed E-state index contributed by atoms with van der Waals surface area (Å²) in [5.74, 6) is 6.46. The van der Waals surface area contributed by atoms with Gasteiger partial charge >= 0.3 is 0 Å². The van der Waals surface area contributed by atoms with Gasteiger partial charge in [-0.05, 0) is 49.6 Å². The van der Waals surface area contributed by atoms with E-state index in [1.165, 1.54) is 5.56 Å². The van der Waals surface area contributed by atoms with Crippen LogP contribution in [0.15, 0.2) is 30.3 Å². The summed E-state index contributed by atoms with van der Waals surface area (Å²) in [6.45, 7) is 6.20. The number of nitrogens with one attached hydrogen (secondary N) is 1. The third-order valence-corrected chi connectivity index (χ3v) is 3.21. The molecular formula is C14H22N6. The van der Waals surface area contributed by atoms with Crippen LogP contribution in [-0.2, 0) is 12.0 Å². The summed E-state index contributed by atoms with van der Waals surface area (Å²) in [4.78, 5) is 0. The number of nitrogens with two attached hydrogens (primary N) is 1. The van der Waals surface area contributed by atoms with Crippen LogP contribution in [0, 0.1) is 0 Å². The van der Waals surface area contributed by atoms with Crippen molar-refractivity contribution in [2.75, 3.05) is 0 Å². The van der Waals surface area contributed by atoms with Gasteiger partial charge in [0, 0.05) is 0 Å². The molecule has 0 amide bonds. The number of hydrogen-bond acceptors (Lipinski definition) is 5. The SMILES string of the molecule is CC(C)(C)n1nnnc1C(CCc1ccccc1)NN. The lowest BCUT2D eigenvalue weighted by molar-refractivity contribution is 0.315. The molecule has 0 saturated heterocycles. The molecule has 1 atom stereocenters. The molecule has 0 aliphatic rings. The average molecular weight is 274 g/mol. The molecule has 1 unspecified atom stereocenters. The van der Waals surface area contributed by atoms with Gasteiger partial charge in [-0.2, -0.15) is 0 Å². The first-order chi connectivity index (χ1) is 9.52. The highest BCUT2D eigenvalue weighted by Crippen LogP contribution is 2.21. The van der Waals surface area contributed by atoms with Crippen molar-refractivity contribution in [1.29, 1.82) is 0 Å². The highest BCUT2D eigenvalue weighted by Gasteiger charge is 2.24. The number of benzene rings is 1. The van der Waals surface area contributed by atoms with Crippen molar-refractivity contribution in [2.24, 2.45) is 5.84 Å². The molecule has 1 heterocycles. The lowest BCUT2D eigenvalue weighted by atomic mass is 10.0. The predicted octanol–water partition coefficient (Wildman–Crippen LogP) is 1.57. The minimum absolute atomic E-state index is 0.0653. The summed E-state index contributed by atoms with van der Waals surface area (Å²) in [6.07, 6.45) is 1.77. The molecule has 2 aromatic rings. The lowest BCUT2D eigenvalue weighted by Gasteiger charge is -2.23. The summed E-state index contributed by atoms with van der Waals surface area (Å²) in [6, 6.07) is 10.3. The number of aryl methyl sites for hydroxylation is 1. The van der Waals surface area contributed by atoms with Crippen molar-refractivity contribution < 1.29 is 0 Å². The Hall–Kier alpha value is -1.79. The van der Waals surface area contributed by atoms with Gasteiger partial charge < -0.3 is 0 Å². The molecule has 0 aliphatic carbocycles. The van der Waals surface area contributed by atoms with E-state index in [2.05, 4.69) is 53.9 Å². The first-order valence-electron chi connectivity index (χ1n) is 6.81. The number of hydrogen-bond donors (Lipinski definition) is 2. The molecule has 20 heavy (non-hydrogen) atoms. The maximum absolute atomic E-state index is 5.68. The summed E-state index contributed by atoms with van der Waals surface area (Å²) < 4.78 is 1.82. The molecule has 2 rings (SSSR count). The van der Waals surface area contributed by atoms with Gasteiger partial charge in [-0.15, -0.1) is 5.10 Å². The zero-order valence-electron chi connectivity index (χ0n) is 12.2. The van der Waals surface area contributed by atoms with Gasteiger partial charge in [0.25, 0.3) is 0 Å². The van der Waals surface area contributed by atoms with Gasteiger partial charge in [0.05, 0.1) is 11.6 Å². The molecule has 1 aromatic heterocycles. The van der Waals surface area contributed by atoms with Crippen LogP contribution in [0.1, 0.15) is 44.6 Å². The normalized spacial score (nSPS) is 13.4. The van der Waals surface area contributed by atoms with Crippen LogP contribution in [0.3, 0.4) is 0 Å². The topological polar surface area (TPSA) is 81.7 Å². The Labute approximate surface area is 119 Å². The van der Waals surface area contributed by atoms with E-state index in [-0.39, 0.29) is 11.6 Å². The summed E-state index contributed by atoms with van der Waals surface area (Å²) in [5, 5.41) is 12.0. The standard InChI is InChI=1S/C14H22N6/c1-14(2,3)20-13(17-18-19-20)12(16-15)10-9-11-7-5-4-6-8-11/h4-8,12,16H,9-10,15H2,1-3H3. The maximum Gasteiger partial charge on any atom is 0.170 e. The zero-order valence-corrected chi connectivity index (χ0v) is 12.2. The Morgan fingerprint density at radius 3 is 2.55 bits per heavy atom. The van der Waals surface area contributed by atoms with Crippen molar-refractivity contribution in [3.05, 3.63) is 41.7 Å². The number of rotatable bonds is 5. The summed E-state index contributed by atoms with van der Waals surface area (Å²) in [7, 11) is 0. The van der Waals surface area contributed by atoms with E-state index in [1.54, 1.807) is 0 Å². The van der Waals surface area contributed by atoms with Crippen molar-refractivity contribution in [1.82, 2.24) is 25.6 Å². The van der Waals surface area contributed by atoms with E-state index in [4.69, 9.17) is 5.84 Å². The van der Waals surface area contributed by atoms with E-state index in [0.29, 0.717) is 0 Å². The quantitative estimate of drug-likeness (QED) is 0.639. The Bertz CT molecular complexity index is 528. The summed E-state index contributed by atoms with van der Waals surface area (Å²) >= 11 is 0. The van der Waals surface area contributed by atoms with Crippen molar-refractivity contribution in [3.63, 3.8) is 0 Å². The average Bonchev–Trinajstić information content (AvgIpc) is 2.90. The molecule has 1 aromatic carbocycles. The van der Waals surface area contributed by atoms with E-state index >= 15 is 0 Å². The number of tetrazole rings is 1. The first kappa shape index (κ1) is 14.6. The fraction of sp³-hybridized carbons (Fsp3) is 0.500. The van der Waals surface area contributed by atoms with E-state index in [1.807, 2.05) is 22.9 Å². The van der Waals surface area contributed by atoms with Crippen LogP contribution in [0.4, 0.5) is 0 Å². The van der Waals surface area contributed by atoms with Crippen LogP contribution < -0.4 is 11.3 Å². The smallest absolute Gasteiger partial charge is 0.170 e. The Morgan fingerprint density at radius 1 is 1.25 bits per heavy atom. The first-order valence-corrected chi connectivity index (χ1v) is 6.81. The molecule has 0 fully saturated rings. The van der Waals surface area contributed by atoms with Gasteiger partial charge in [0.2, 0.25) is 0 Å². The van der Waals surface area contributed by atoms with Gasteiger partial charge in [-0.25, -0.2) is 10.1 Å². The number of aromatic nitrogens is 4.